The summed E-state index contributed by atoms with van der Waals surface area (Å²) in [6.45, 7) is 7.14. The number of hydrogen-bond acceptors (Lipinski definition) is 4. The van der Waals surface area contributed by atoms with Crippen molar-refractivity contribution < 1.29 is 9.47 Å². The summed E-state index contributed by atoms with van der Waals surface area (Å²) in [7, 11) is 3.53. The van der Waals surface area contributed by atoms with Gasteiger partial charge < -0.3 is 20.1 Å². The fourth-order valence-electron chi connectivity index (χ4n) is 3.85. The summed E-state index contributed by atoms with van der Waals surface area (Å²) < 4.78 is 11.0. The minimum absolute atomic E-state index is 0.283. The van der Waals surface area contributed by atoms with Crippen LogP contribution in [0.25, 0.3) is 0 Å². The third kappa shape index (κ3) is 6.21. The van der Waals surface area contributed by atoms with Crippen LogP contribution < -0.4 is 15.4 Å². The smallest absolute Gasteiger partial charge is 0.191 e. The summed E-state index contributed by atoms with van der Waals surface area (Å²) in [6.07, 6.45) is 0.872. The second-order valence-corrected chi connectivity index (χ2v) is 7.52. The zero-order valence-corrected chi connectivity index (χ0v) is 18.4. The number of rotatable bonds is 8. The number of aliphatic imine (C=N–C) groups is 1. The van der Waals surface area contributed by atoms with E-state index in [2.05, 4.69) is 69.9 Å². The minimum atomic E-state index is 0.283. The number of hydrogen-bond donors (Lipinski definition) is 2. The van der Waals surface area contributed by atoms with E-state index in [4.69, 9.17) is 9.47 Å². The normalized spacial score (nSPS) is 16.2. The molecule has 0 aromatic heterocycles. The lowest BCUT2D eigenvalue weighted by molar-refractivity contribution is 0.0170. The van der Waals surface area contributed by atoms with Gasteiger partial charge in [0.1, 0.15) is 5.75 Å². The molecule has 30 heavy (non-hydrogen) atoms. The third-order valence-corrected chi connectivity index (χ3v) is 5.48. The number of nitrogens with one attached hydrogen (secondary N) is 2. The maximum absolute atomic E-state index is 5.55. The Morgan fingerprint density at radius 1 is 1.13 bits per heavy atom. The maximum Gasteiger partial charge on any atom is 0.191 e. The SMILES string of the molecule is CN=C(NCCc1cc(C)ccc1OC)NCC(c1ccccc1)N1CCOCC1. The Bertz CT molecular complexity index is 804. The highest BCUT2D eigenvalue weighted by Gasteiger charge is 2.22. The molecule has 0 radical (unpaired) electrons. The van der Waals surface area contributed by atoms with E-state index >= 15 is 0 Å². The van der Waals surface area contributed by atoms with Gasteiger partial charge in [-0.15, -0.1) is 0 Å². The molecule has 1 atom stereocenters. The molecule has 1 saturated heterocycles. The predicted octanol–water partition coefficient (Wildman–Crippen LogP) is 2.78. The molecule has 162 valence electrons. The van der Waals surface area contributed by atoms with Gasteiger partial charge in [-0.05, 0) is 30.5 Å². The first-order chi connectivity index (χ1) is 14.7. The molecule has 0 amide bonds. The van der Waals surface area contributed by atoms with Crippen molar-refractivity contribution in [1.29, 1.82) is 0 Å². The fraction of sp³-hybridized carbons (Fsp3) is 0.458. The highest BCUT2D eigenvalue weighted by atomic mass is 16.5. The average molecular weight is 411 g/mol. The van der Waals surface area contributed by atoms with Crippen LogP contribution in [0.4, 0.5) is 0 Å². The van der Waals surface area contributed by atoms with Crippen molar-refractivity contribution in [3.8, 4) is 5.75 Å². The Morgan fingerprint density at radius 3 is 2.60 bits per heavy atom. The van der Waals surface area contributed by atoms with E-state index in [-0.39, 0.29) is 6.04 Å². The number of methoxy groups -OCH3 is 1. The molecule has 1 fully saturated rings. The molecule has 2 N–H and O–H groups in total. The van der Waals surface area contributed by atoms with Crippen LogP contribution in [0.2, 0.25) is 0 Å². The minimum Gasteiger partial charge on any atom is -0.496 e. The average Bonchev–Trinajstić information content (AvgIpc) is 2.79. The van der Waals surface area contributed by atoms with Gasteiger partial charge in [0.2, 0.25) is 0 Å². The topological polar surface area (TPSA) is 58.1 Å². The number of morpholine rings is 1. The first-order valence-electron chi connectivity index (χ1n) is 10.7. The molecule has 6 heteroatoms. The van der Waals surface area contributed by atoms with Crippen LogP contribution in [0.1, 0.15) is 22.7 Å². The summed E-state index contributed by atoms with van der Waals surface area (Å²) in [5, 5.41) is 6.96. The van der Waals surface area contributed by atoms with E-state index in [1.807, 2.05) is 13.1 Å². The molecule has 1 unspecified atom stereocenters. The molecular weight excluding hydrogens is 376 g/mol. The van der Waals surface area contributed by atoms with Crippen molar-refractivity contribution in [3.63, 3.8) is 0 Å². The maximum atomic E-state index is 5.55. The molecule has 1 aliphatic rings. The first kappa shape index (κ1) is 22.1. The lowest BCUT2D eigenvalue weighted by Gasteiger charge is -2.35. The van der Waals surface area contributed by atoms with Crippen molar-refractivity contribution >= 4 is 5.96 Å². The van der Waals surface area contributed by atoms with E-state index in [0.717, 1.165) is 57.5 Å². The van der Waals surface area contributed by atoms with Crippen molar-refractivity contribution in [2.24, 2.45) is 4.99 Å². The highest BCUT2D eigenvalue weighted by molar-refractivity contribution is 5.79. The van der Waals surface area contributed by atoms with Gasteiger partial charge in [0.15, 0.2) is 5.96 Å². The molecule has 0 saturated carbocycles. The van der Waals surface area contributed by atoms with Gasteiger partial charge in [0.05, 0.1) is 26.4 Å². The molecule has 3 rings (SSSR count). The summed E-state index contributed by atoms with van der Waals surface area (Å²) >= 11 is 0. The summed E-state index contributed by atoms with van der Waals surface area (Å²) in [5.41, 5.74) is 3.76. The number of benzene rings is 2. The van der Waals surface area contributed by atoms with Crippen molar-refractivity contribution in [2.75, 3.05) is 53.6 Å². The highest BCUT2D eigenvalue weighted by Crippen LogP contribution is 2.21. The summed E-state index contributed by atoms with van der Waals surface area (Å²) in [5.74, 6) is 1.75. The number of ether oxygens (including phenoxy) is 2. The van der Waals surface area contributed by atoms with E-state index in [1.54, 1.807) is 7.11 Å². The van der Waals surface area contributed by atoms with E-state index < -0.39 is 0 Å². The molecule has 1 heterocycles. The lowest BCUT2D eigenvalue weighted by Crippen LogP contribution is -2.46. The van der Waals surface area contributed by atoms with Gasteiger partial charge >= 0.3 is 0 Å². The van der Waals surface area contributed by atoms with Crippen molar-refractivity contribution in [2.45, 2.75) is 19.4 Å². The van der Waals surface area contributed by atoms with E-state index in [0.29, 0.717) is 0 Å². The molecule has 1 aliphatic heterocycles. The molecule has 6 nitrogen and oxygen atoms in total. The standard InChI is InChI=1S/C24H34N4O2/c1-19-9-10-23(29-3)21(17-19)11-12-26-24(25-2)27-18-22(20-7-5-4-6-8-20)28-13-15-30-16-14-28/h4-10,17,22H,11-16,18H2,1-3H3,(H2,25,26,27). The fourth-order valence-corrected chi connectivity index (χ4v) is 3.85. The molecule has 0 spiro atoms. The Balaban J connectivity index is 1.57. The zero-order chi connectivity index (χ0) is 21.2. The molecule has 2 aromatic rings. The zero-order valence-electron chi connectivity index (χ0n) is 18.4. The quantitative estimate of drug-likeness (QED) is 0.518. The van der Waals surface area contributed by atoms with E-state index in [1.165, 1.54) is 16.7 Å². The van der Waals surface area contributed by atoms with Crippen LogP contribution in [0.15, 0.2) is 53.5 Å². The van der Waals surface area contributed by atoms with Gasteiger partial charge in [-0.3, -0.25) is 9.89 Å². The predicted molar refractivity (Wildman–Crippen MR) is 122 cm³/mol. The number of nitrogens with zero attached hydrogens (tertiary/aromatic N) is 2. The van der Waals surface area contributed by atoms with Gasteiger partial charge in [0, 0.05) is 33.2 Å². The Labute approximate surface area is 180 Å². The monoisotopic (exact) mass is 410 g/mol. The van der Waals surface area contributed by atoms with Gasteiger partial charge in [-0.1, -0.05) is 48.0 Å². The third-order valence-electron chi connectivity index (χ3n) is 5.48. The lowest BCUT2D eigenvalue weighted by atomic mass is 10.0. The van der Waals surface area contributed by atoms with Crippen LogP contribution in [-0.4, -0.2) is 64.4 Å². The molecule has 0 aliphatic carbocycles. The second-order valence-electron chi connectivity index (χ2n) is 7.52. The molecular formula is C24H34N4O2. The first-order valence-corrected chi connectivity index (χ1v) is 10.7. The Morgan fingerprint density at radius 2 is 1.90 bits per heavy atom. The summed E-state index contributed by atoms with van der Waals surface area (Å²) in [4.78, 5) is 6.89. The van der Waals surface area contributed by atoms with Gasteiger partial charge in [-0.25, -0.2) is 0 Å². The van der Waals surface area contributed by atoms with Crippen LogP contribution in [-0.2, 0) is 11.2 Å². The van der Waals surface area contributed by atoms with Gasteiger partial charge in [0.25, 0.3) is 0 Å². The van der Waals surface area contributed by atoms with Crippen LogP contribution >= 0.6 is 0 Å². The van der Waals surface area contributed by atoms with Crippen molar-refractivity contribution in [3.05, 3.63) is 65.2 Å². The number of aryl methyl sites for hydroxylation is 1. The van der Waals surface area contributed by atoms with Gasteiger partial charge in [-0.2, -0.15) is 0 Å². The van der Waals surface area contributed by atoms with Crippen molar-refractivity contribution in [1.82, 2.24) is 15.5 Å². The van der Waals surface area contributed by atoms with Crippen LogP contribution in [0, 0.1) is 6.92 Å². The Hall–Kier alpha value is -2.57. The number of guanidine groups is 1. The van der Waals surface area contributed by atoms with Crippen LogP contribution in [0.3, 0.4) is 0 Å². The van der Waals surface area contributed by atoms with E-state index in [9.17, 15) is 0 Å². The largest absolute Gasteiger partial charge is 0.496 e. The summed E-state index contributed by atoms with van der Waals surface area (Å²) in [6, 6.07) is 17.2. The Kier molecular flexibility index (Phi) is 8.53. The molecule has 2 aromatic carbocycles. The molecule has 0 bridgehead atoms. The second kappa shape index (κ2) is 11.6. The van der Waals surface area contributed by atoms with Crippen LogP contribution in [0.5, 0.6) is 5.75 Å².